The molecule has 0 atom stereocenters. The molecule has 0 unspecified atom stereocenters. The van der Waals surface area contributed by atoms with Gasteiger partial charge in [0.1, 0.15) is 0 Å². The summed E-state index contributed by atoms with van der Waals surface area (Å²) in [6, 6.07) is 7.12. The number of carbonyl (C=O) groups is 1. The Kier molecular flexibility index (Phi) is 4.10. The summed E-state index contributed by atoms with van der Waals surface area (Å²) in [5.74, 6) is -0.131. The van der Waals surface area contributed by atoms with Crippen LogP contribution in [0.4, 0.5) is 5.69 Å². The van der Waals surface area contributed by atoms with Gasteiger partial charge in [-0.15, -0.1) is 0 Å². The Labute approximate surface area is 82.7 Å². The summed E-state index contributed by atoms with van der Waals surface area (Å²) in [7, 11) is 0. The molecule has 1 amide bonds. The van der Waals surface area contributed by atoms with E-state index in [1.807, 2.05) is 6.07 Å². The van der Waals surface area contributed by atoms with Crippen molar-refractivity contribution >= 4 is 11.6 Å². The lowest BCUT2D eigenvalue weighted by Crippen LogP contribution is -2.17. The van der Waals surface area contributed by atoms with Gasteiger partial charge >= 0.3 is 0 Å². The molecule has 1 rings (SSSR count). The second-order valence-electron chi connectivity index (χ2n) is 2.90. The minimum atomic E-state index is -0.131. The fourth-order valence-electron chi connectivity index (χ4n) is 1.12. The Bertz CT molecular complexity index is 313. The van der Waals surface area contributed by atoms with Crippen molar-refractivity contribution in [2.24, 2.45) is 5.73 Å². The molecule has 0 fully saturated rings. The number of hydrogen-bond acceptors (Lipinski definition) is 3. The summed E-state index contributed by atoms with van der Waals surface area (Å²) in [4.78, 5) is 11.2. The van der Waals surface area contributed by atoms with Crippen LogP contribution in [0.5, 0.6) is 0 Å². The molecule has 0 spiro atoms. The molecular formula is C10H14N2O2. The molecule has 0 aliphatic carbocycles. The molecule has 76 valence electrons. The summed E-state index contributed by atoms with van der Waals surface area (Å²) in [5, 5.41) is 11.7. The third kappa shape index (κ3) is 2.83. The fourth-order valence-corrected chi connectivity index (χ4v) is 1.12. The zero-order chi connectivity index (χ0) is 10.4. The predicted octanol–water partition coefficient (Wildman–Crippen LogP) is 0.466. The number of benzene rings is 1. The van der Waals surface area contributed by atoms with Crippen LogP contribution in [-0.4, -0.2) is 17.6 Å². The van der Waals surface area contributed by atoms with Crippen LogP contribution in [0.1, 0.15) is 12.0 Å². The van der Waals surface area contributed by atoms with Crippen molar-refractivity contribution in [2.45, 2.75) is 13.0 Å². The molecule has 1 aromatic rings. The van der Waals surface area contributed by atoms with Crippen LogP contribution in [0, 0.1) is 0 Å². The number of nitrogens with two attached hydrogens (primary N) is 1. The minimum Gasteiger partial charge on any atom is -0.392 e. The van der Waals surface area contributed by atoms with Crippen molar-refractivity contribution < 1.29 is 9.90 Å². The fraction of sp³-hybridized carbons (Fsp3) is 0.300. The summed E-state index contributed by atoms with van der Waals surface area (Å²) >= 11 is 0. The van der Waals surface area contributed by atoms with Gasteiger partial charge in [-0.25, -0.2) is 0 Å². The number of para-hydroxylation sites is 1. The van der Waals surface area contributed by atoms with Gasteiger partial charge in [-0.05, 0) is 6.07 Å². The van der Waals surface area contributed by atoms with Crippen molar-refractivity contribution in [3.8, 4) is 0 Å². The molecule has 0 aromatic heterocycles. The maximum Gasteiger partial charge on any atom is 0.225 e. The average Bonchev–Trinajstić information content (AvgIpc) is 2.19. The van der Waals surface area contributed by atoms with Crippen molar-refractivity contribution in [1.82, 2.24) is 0 Å². The maximum atomic E-state index is 11.2. The molecule has 4 heteroatoms. The summed E-state index contributed by atoms with van der Waals surface area (Å²) in [5.41, 5.74) is 6.60. The van der Waals surface area contributed by atoms with Crippen LogP contribution in [0.15, 0.2) is 24.3 Å². The van der Waals surface area contributed by atoms with Crippen molar-refractivity contribution in [3.63, 3.8) is 0 Å². The van der Waals surface area contributed by atoms with Gasteiger partial charge in [0.15, 0.2) is 0 Å². The first-order valence-electron chi connectivity index (χ1n) is 4.46. The zero-order valence-electron chi connectivity index (χ0n) is 7.86. The Morgan fingerprint density at radius 3 is 2.79 bits per heavy atom. The van der Waals surface area contributed by atoms with Gasteiger partial charge in [0.05, 0.1) is 6.61 Å². The Hall–Kier alpha value is -1.39. The number of amides is 1. The lowest BCUT2D eigenvalue weighted by Gasteiger charge is -2.08. The van der Waals surface area contributed by atoms with E-state index in [0.717, 1.165) is 0 Å². The first-order valence-corrected chi connectivity index (χ1v) is 4.46. The normalized spacial score (nSPS) is 9.86. The monoisotopic (exact) mass is 194 g/mol. The Morgan fingerprint density at radius 1 is 1.43 bits per heavy atom. The molecule has 0 heterocycles. The first kappa shape index (κ1) is 10.7. The predicted molar refractivity (Wildman–Crippen MR) is 54.7 cm³/mol. The lowest BCUT2D eigenvalue weighted by atomic mass is 10.2. The number of aliphatic hydroxyl groups excluding tert-OH is 1. The van der Waals surface area contributed by atoms with E-state index in [0.29, 0.717) is 24.2 Å². The number of anilines is 1. The molecule has 0 aliphatic rings. The van der Waals surface area contributed by atoms with Gasteiger partial charge in [-0.2, -0.15) is 0 Å². The zero-order valence-corrected chi connectivity index (χ0v) is 7.86. The van der Waals surface area contributed by atoms with E-state index in [9.17, 15) is 4.79 Å². The van der Waals surface area contributed by atoms with E-state index in [4.69, 9.17) is 10.8 Å². The number of rotatable bonds is 4. The third-order valence-electron chi connectivity index (χ3n) is 1.83. The molecule has 14 heavy (non-hydrogen) atoms. The molecule has 0 aliphatic heterocycles. The molecule has 0 bridgehead atoms. The highest BCUT2D eigenvalue weighted by molar-refractivity contribution is 5.91. The Balaban J connectivity index is 2.70. The molecular weight excluding hydrogens is 180 g/mol. The highest BCUT2D eigenvalue weighted by atomic mass is 16.3. The molecule has 4 nitrogen and oxygen atoms in total. The molecule has 1 aromatic carbocycles. The van der Waals surface area contributed by atoms with Gasteiger partial charge in [-0.1, -0.05) is 18.2 Å². The van der Waals surface area contributed by atoms with E-state index in [1.165, 1.54) is 0 Å². The summed E-state index contributed by atoms with van der Waals surface area (Å²) in [6.07, 6.45) is 0.291. The lowest BCUT2D eigenvalue weighted by molar-refractivity contribution is -0.116. The van der Waals surface area contributed by atoms with Crippen LogP contribution in [0.25, 0.3) is 0 Å². The van der Waals surface area contributed by atoms with Gasteiger partial charge in [0, 0.05) is 24.2 Å². The van der Waals surface area contributed by atoms with E-state index in [1.54, 1.807) is 18.2 Å². The first-order chi connectivity index (χ1) is 6.77. The minimum absolute atomic E-state index is 0.0842. The van der Waals surface area contributed by atoms with Crippen LogP contribution in [-0.2, 0) is 11.4 Å². The summed E-state index contributed by atoms with van der Waals surface area (Å²) < 4.78 is 0. The van der Waals surface area contributed by atoms with Crippen molar-refractivity contribution in [2.75, 3.05) is 11.9 Å². The average molecular weight is 194 g/mol. The number of nitrogens with one attached hydrogen (secondary N) is 1. The largest absolute Gasteiger partial charge is 0.392 e. The van der Waals surface area contributed by atoms with Gasteiger partial charge in [-0.3, -0.25) is 4.79 Å². The molecule has 0 saturated carbocycles. The standard InChI is InChI=1S/C10H14N2O2/c11-6-5-10(14)12-9-4-2-1-3-8(9)7-13/h1-4,13H,5-7,11H2,(H,12,14). The van der Waals surface area contributed by atoms with Crippen molar-refractivity contribution in [1.29, 1.82) is 0 Å². The second kappa shape index (κ2) is 5.36. The van der Waals surface area contributed by atoms with Crippen molar-refractivity contribution in [3.05, 3.63) is 29.8 Å². The maximum absolute atomic E-state index is 11.2. The molecule has 4 N–H and O–H groups in total. The smallest absolute Gasteiger partial charge is 0.225 e. The Morgan fingerprint density at radius 2 is 2.14 bits per heavy atom. The van der Waals surface area contributed by atoms with E-state index < -0.39 is 0 Å². The van der Waals surface area contributed by atoms with Gasteiger partial charge in [0.25, 0.3) is 0 Å². The number of hydrogen-bond donors (Lipinski definition) is 3. The topological polar surface area (TPSA) is 75.4 Å². The number of aliphatic hydroxyl groups is 1. The molecule has 0 saturated heterocycles. The molecule has 0 radical (unpaired) electrons. The number of carbonyl (C=O) groups excluding carboxylic acids is 1. The van der Waals surface area contributed by atoms with Crippen LogP contribution in [0.3, 0.4) is 0 Å². The van der Waals surface area contributed by atoms with Gasteiger partial charge in [0.2, 0.25) is 5.91 Å². The summed E-state index contributed by atoms with van der Waals surface area (Å²) in [6.45, 7) is 0.242. The quantitative estimate of drug-likeness (QED) is 0.652. The van der Waals surface area contributed by atoms with Gasteiger partial charge < -0.3 is 16.2 Å². The SMILES string of the molecule is NCCC(=O)Nc1ccccc1CO. The second-order valence-corrected chi connectivity index (χ2v) is 2.90. The van der Waals surface area contributed by atoms with Crippen LogP contribution < -0.4 is 11.1 Å². The third-order valence-corrected chi connectivity index (χ3v) is 1.83. The van der Waals surface area contributed by atoms with Crippen LogP contribution >= 0.6 is 0 Å². The highest BCUT2D eigenvalue weighted by Crippen LogP contribution is 2.14. The van der Waals surface area contributed by atoms with E-state index in [2.05, 4.69) is 5.32 Å². The van der Waals surface area contributed by atoms with Crippen LogP contribution in [0.2, 0.25) is 0 Å². The van der Waals surface area contributed by atoms with E-state index >= 15 is 0 Å². The van der Waals surface area contributed by atoms with E-state index in [-0.39, 0.29) is 12.5 Å². The highest BCUT2D eigenvalue weighted by Gasteiger charge is 2.04.